The summed E-state index contributed by atoms with van der Waals surface area (Å²) in [4.78, 5) is 15.9. The molecule has 1 saturated heterocycles. The lowest BCUT2D eigenvalue weighted by Crippen LogP contribution is -2.37. The first-order valence-corrected chi connectivity index (χ1v) is 6.85. The molecule has 0 bridgehead atoms. The van der Waals surface area contributed by atoms with Gasteiger partial charge >= 0.3 is 0 Å². The van der Waals surface area contributed by atoms with E-state index in [1.54, 1.807) is 6.92 Å². The van der Waals surface area contributed by atoms with Gasteiger partial charge in [0.1, 0.15) is 0 Å². The summed E-state index contributed by atoms with van der Waals surface area (Å²) in [5, 5.41) is 9.47. The van der Waals surface area contributed by atoms with Crippen LogP contribution in [0.5, 0.6) is 0 Å². The fourth-order valence-electron chi connectivity index (χ4n) is 2.37. The van der Waals surface area contributed by atoms with Gasteiger partial charge in [0, 0.05) is 25.8 Å². The lowest BCUT2D eigenvalue weighted by molar-refractivity contribution is -0.128. The van der Waals surface area contributed by atoms with Crippen molar-refractivity contribution < 1.29 is 9.90 Å². The maximum absolute atomic E-state index is 12.0. The van der Waals surface area contributed by atoms with Gasteiger partial charge in [-0.2, -0.15) is 0 Å². The van der Waals surface area contributed by atoms with Gasteiger partial charge in [-0.3, -0.25) is 4.79 Å². The summed E-state index contributed by atoms with van der Waals surface area (Å²) in [5.41, 5.74) is 1.89. The number of aliphatic hydroxyl groups is 1. The third kappa shape index (κ3) is 3.47. The lowest BCUT2D eigenvalue weighted by atomic mass is 10.1. The highest BCUT2D eigenvalue weighted by molar-refractivity contribution is 5.81. The molecule has 1 atom stereocenters. The van der Waals surface area contributed by atoms with E-state index < -0.39 is 6.10 Å². The second-order valence-electron chi connectivity index (χ2n) is 5.21. The highest BCUT2D eigenvalue weighted by atomic mass is 16.3. The molecule has 0 spiro atoms. The van der Waals surface area contributed by atoms with Crippen molar-refractivity contribution in [3.05, 3.63) is 29.8 Å². The smallest absolute Gasteiger partial charge is 0.242 e. The lowest BCUT2D eigenvalue weighted by Gasteiger charge is -2.23. The van der Waals surface area contributed by atoms with Gasteiger partial charge in [0.05, 0.1) is 12.6 Å². The molecule has 2 rings (SSSR count). The molecular formula is C15H22N2O2. The van der Waals surface area contributed by atoms with Crippen molar-refractivity contribution in [3.8, 4) is 0 Å². The zero-order chi connectivity index (χ0) is 13.8. The number of carbonyl (C=O) groups excluding carboxylic acids is 1. The van der Waals surface area contributed by atoms with E-state index >= 15 is 0 Å². The van der Waals surface area contributed by atoms with Gasteiger partial charge < -0.3 is 14.9 Å². The summed E-state index contributed by atoms with van der Waals surface area (Å²) in [6.07, 6.45) is 1.79. The van der Waals surface area contributed by atoms with Crippen molar-refractivity contribution in [1.29, 1.82) is 0 Å². The monoisotopic (exact) mass is 262 g/mol. The van der Waals surface area contributed by atoms with Gasteiger partial charge in [0.25, 0.3) is 0 Å². The van der Waals surface area contributed by atoms with Crippen molar-refractivity contribution in [3.63, 3.8) is 0 Å². The van der Waals surface area contributed by atoms with Gasteiger partial charge in [-0.1, -0.05) is 12.1 Å². The molecule has 4 nitrogen and oxygen atoms in total. The SMILES string of the molecule is C[C@H](O)c1ccc(N(C)CC(=O)N2CCCC2)cc1. The number of rotatable bonds is 4. The van der Waals surface area contributed by atoms with Crippen LogP contribution in [-0.4, -0.2) is 42.6 Å². The van der Waals surface area contributed by atoms with Crippen LogP contribution in [0.25, 0.3) is 0 Å². The summed E-state index contributed by atoms with van der Waals surface area (Å²) >= 11 is 0. The fraction of sp³-hybridized carbons (Fsp3) is 0.533. The number of benzene rings is 1. The zero-order valence-electron chi connectivity index (χ0n) is 11.7. The number of amides is 1. The zero-order valence-corrected chi connectivity index (χ0v) is 11.7. The number of carbonyl (C=O) groups is 1. The Morgan fingerprint density at radius 3 is 2.42 bits per heavy atom. The molecule has 0 saturated carbocycles. The van der Waals surface area contributed by atoms with E-state index in [2.05, 4.69) is 0 Å². The van der Waals surface area contributed by atoms with E-state index in [1.165, 1.54) is 0 Å². The van der Waals surface area contributed by atoms with Crippen LogP contribution in [0.1, 0.15) is 31.4 Å². The fourth-order valence-corrected chi connectivity index (χ4v) is 2.37. The first-order valence-electron chi connectivity index (χ1n) is 6.85. The van der Waals surface area contributed by atoms with Crippen molar-refractivity contribution in [2.24, 2.45) is 0 Å². The number of nitrogens with zero attached hydrogens (tertiary/aromatic N) is 2. The van der Waals surface area contributed by atoms with E-state index in [4.69, 9.17) is 0 Å². The van der Waals surface area contributed by atoms with E-state index in [1.807, 2.05) is 41.1 Å². The van der Waals surface area contributed by atoms with Crippen LogP contribution in [0.4, 0.5) is 5.69 Å². The number of likely N-dealkylation sites (tertiary alicyclic amines) is 1. The minimum absolute atomic E-state index is 0.194. The highest BCUT2D eigenvalue weighted by Crippen LogP contribution is 2.18. The van der Waals surface area contributed by atoms with Gasteiger partial charge in [-0.05, 0) is 37.5 Å². The summed E-state index contributed by atoms with van der Waals surface area (Å²) < 4.78 is 0. The molecule has 1 fully saturated rings. The van der Waals surface area contributed by atoms with Gasteiger partial charge in [0.15, 0.2) is 0 Å². The second-order valence-corrected chi connectivity index (χ2v) is 5.21. The van der Waals surface area contributed by atoms with Gasteiger partial charge in [-0.25, -0.2) is 0 Å². The Kier molecular flexibility index (Phi) is 4.43. The molecule has 1 N–H and O–H groups in total. The molecule has 1 aliphatic rings. The molecule has 0 aromatic heterocycles. The molecule has 4 heteroatoms. The van der Waals surface area contributed by atoms with Crippen LogP contribution in [0.3, 0.4) is 0 Å². The number of hydrogen-bond donors (Lipinski definition) is 1. The Morgan fingerprint density at radius 2 is 1.89 bits per heavy atom. The largest absolute Gasteiger partial charge is 0.389 e. The average molecular weight is 262 g/mol. The van der Waals surface area contributed by atoms with Crippen LogP contribution in [0.2, 0.25) is 0 Å². The normalized spacial score (nSPS) is 16.5. The van der Waals surface area contributed by atoms with Crippen LogP contribution in [0, 0.1) is 0 Å². The Balaban J connectivity index is 1.95. The van der Waals surface area contributed by atoms with E-state index in [0.29, 0.717) is 6.54 Å². The number of likely N-dealkylation sites (N-methyl/N-ethyl adjacent to an activating group) is 1. The number of hydrogen-bond acceptors (Lipinski definition) is 3. The predicted molar refractivity (Wildman–Crippen MR) is 76.2 cm³/mol. The van der Waals surface area contributed by atoms with E-state index in [0.717, 1.165) is 37.2 Å². The molecule has 1 aromatic carbocycles. The quantitative estimate of drug-likeness (QED) is 0.900. The number of anilines is 1. The second kappa shape index (κ2) is 6.06. The van der Waals surface area contributed by atoms with Crippen molar-refractivity contribution in [2.45, 2.75) is 25.9 Å². The molecule has 0 unspecified atom stereocenters. The average Bonchev–Trinajstić information content (AvgIpc) is 2.92. The third-order valence-electron chi connectivity index (χ3n) is 3.65. The Hall–Kier alpha value is -1.55. The Bertz CT molecular complexity index is 422. The van der Waals surface area contributed by atoms with Crippen molar-refractivity contribution in [2.75, 3.05) is 31.6 Å². The van der Waals surface area contributed by atoms with Crippen LogP contribution < -0.4 is 4.90 Å². The minimum atomic E-state index is -0.453. The molecule has 0 aliphatic carbocycles. The van der Waals surface area contributed by atoms with Crippen LogP contribution in [-0.2, 0) is 4.79 Å². The Labute approximate surface area is 114 Å². The van der Waals surface area contributed by atoms with Crippen molar-refractivity contribution >= 4 is 11.6 Å². The van der Waals surface area contributed by atoms with E-state index in [-0.39, 0.29) is 5.91 Å². The molecule has 1 heterocycles. The predicted octanol–water partition coefficient (Wildman–Crippen LogP) is 1.80. The molecule has 19 heavy (non-hydrogen) atoms. The molecule has 1 aromatic rings. The summed E-state index contributed by atoms with van der Waals surface area (Å²) in [5.74, 6) is 0.194. The molecular weight excluding hydrogens is 240 g/mol. The van der Waals surface area contributed by atoms with Gasteiger partial charge in [0.2, 0.25) is 5.91 Å². The number of aliphatic hydroxyl groups excluding tert-OH is 1. The van der Waals surface area contributed by atoms with Gasteiger partial charge in [-0.15, -0.1) is 0 Å². The third-order valence-corrected chi connectivity index (χ3v) is 3.65. The first-order chi connectivity index (χ1) is 9.08. The standard InChI is InChI=1S/C15H22N2O2/c1-12(18)13-5-7-14(8-6-13)16(2)11-15(19)17-9-3-4-10-17/h5-8,12,18H,3-4,9-11H2,1-2H3/t12-/m0/s1. The summed E-state index contributed by atoms with van der Waals surface area (Å²) in [6.45, 7) is 3.95. The topological polar surface area (TPSA) is 43.8 Å². The van der Waals surface area contributed by atoms with E-state index in [9.17, 15) is 9.90 Å². The van der Waals surface area contributed by atoms with Crippen LogP contribution >= 0.6 is 0 Å². The minimum Gasteiger partial charge on any atom is -0.389 e. The molecule has 1 amide bonds. The van der Waals surface area contributed by atoms with Crippen LogP contribution in [0.15, 0.2) is 24.3 Å². The molecule has 104 valence electrons. The summed E-state index contributed by atoms with van der Waals surface area (Å²) in [6, 6.07) is 7.69. The highest BCUT2D eigenvalue weighted by Gasteiger charge is 2.19. The maximum atomic E-state index is 12.0. The maximum Gasteiger partial charge on any atom is 0.242 e. The molecule has 1 aliphatic heterocycles. The molecule has 0 radical (unpaired) electrons. The first kappa shape index (κ1) is 13.9. The summed E-state index contributed by atoms with van der Waals surface area (Å²) in [7, 11) is 1.92. The van der Waals surface area contributed by atoms with Crippen molar-refractivity contribution in [1.82, 2.24) is 4.90 Å². The Morgan fingerprint density at radius 1 is 1.32 bits per heavy atom.